The van der Waals surface area contributed by atoms with Gasteiger partial charge in [0.05, 0.1) is 17.2 Å². The van der Waals surface area contributed by atoms with E-state index in [1.165, 1.54) is 22.9 Å². The molecule has 1 aliphatic rings. The molecule has 0 N–H and O–H groups in total. The van der Waals surface area contributed by atoms with Gasteiger partial charge in [0, 0.05) is 31.4 Å². The van der Waals surface area contributed by atoms with Crippen molar-refractivity contribution in [2.24, 2.45) is 5.92 Å². The zero-order valence-corrected chi connectivity index (χ0v) is 17.8. The monoisotopic (exact) mass is 430 g/mol. The van der Waals surface area contributed by atoms with Crippen molar-refractivity contribution in [1.82, 2.24) is 14.7 Å². The van der Waals surface area contributed by atoms with Crippen LogP contribution >= 0.6 is 0 Å². The number of esters is 1. The third kappa shape index (κ3) is 6.03. The summed E-state index contributed by atoms with van der Waals surface area (Å²) in [4.78, 5) is 36.6. The van der Waals surface area contributed by atoms with E-state index in [1.54, 1.807) is 23.2 Å². The number of likely N-dealkylation sites (tertiary alicyclic amines) is 1. The van der Waals surface area contributed by atoms with Crippen LogP contribution in [0.2, 0.25) is 0 Å². The highest BCUT2D eigenvalue weighted by Crippen LogP contribution is 2.21. The normalized spacial score (nSPS) is 14.9. The number of amides is 1. The molecule has 1 amide bonds. The average Bonchev–Trinajstić information content (AvgIpc) is 3.21. The van der Waals surface area contributed by atoms with Crippen LogP contribution in [0.3, 0.4) is 0 Å². The molecule has 2 heterocycles. The Hall–Kier alpha value is -3.43. The lowest BCUT2D eigenvalue weighted by Gasteiger charge is -2.33. The summed E-state index contributed by atoms with van der Waals surface area (Å²) in [6, 6.07) is 7.48. The summed E-state index contributed by atoms with van der Waals surface area (Å²) < 4.78 is 12.2. The third-order valence-corrected chi connectivity index (χ3v) is 4.82. The summed E-state index contributed by atoms with van der Waals surface area (Å²) in [6.45, 7) is 6.84. The lowest BCUT2D eigenvalue weighted by Crippen LogP contribution is -2.42. The molecule has 10 heteroatoms. The van der Waals surface area contributed by atoms with E-state index in [-0.39, 0.29) is 30.0 Å². The van der Waals surface area contributed by atoms with Gasteiger partial charge in [0.25, 0.3) is 5.69 Å². The zero-order valence-electron chi connectivity index (χ0n) is 17.8. The number of nitrogens with zero attached hydrogens (tertiary/aromatic N) is 4. The van der Waals surface area contributed by atoms with Crippen LogP contribution in [-0.2, 0) is 9.47 Å². The molecule has 0 radical (unpaired) electrons. The van der Waals surface area contributed by atoms with Crippen molar-refractivity contribution in [2.75, 3.05) is 19.7 Å². The Morgan fingerprint density at radius 2 is 1.94 bits per heavy atom. The van der Waals surface area contributed by atoms with Gasteiger partial charge in [-0.1, -0.05) is 6.07 Å². The van der Waals surface area contributed by atoms with Crippen LogP contribution in [0.15, 0.2) is 36.5 Å². The number of hydrogen-bond donors (Lipinski definition) is 0. The molecule has 0 saturated carbocycles. The number of nitro benzene ring substituents is 1. The lowest BCUT2D eigenvalue weighted by atomic mass is 9.98. The van der Waals surface area contributed by atoms with E-state index in [4.69, 9.17) is 9.47 Å². The van der Waals surface area contributed by atoms with Crippen molar-refractivity contribution in [3.05, 3.63) is 52.3 Å². The maximum Gasteiger partial charge on any atom is 0.410 e. The summed E-state index contributed by atoms with van der Waals surface area (Å²) in [6.07, 6.45) is 2.66. The molecule has 166 valence electrons. The number of ether oxygens (including phenoxy) is 2. The summed E-state index contributed by atoms with van der Waals surface area (Å²) in [7, 11) is 0. The largest absolute Gasteiger partial charge is 0.461 e. The fraction of sp³-hybridized carbons (Fsp3) is 0.476. The molecule has 0 unspecified atom stereocenters. The Labute approximate surface area is 179 Å². The molecule has 0 aliphatic carbocycles. The number of aromatic nitrogens is 2. The predicted molar refractivity (Wildman–Crippen MR) is 111 cm³/mol. The Morgan fingerprint density at radius 1 is 1.23 bits per heavy atom. The van der Waals surface area contributed by atoms with Crippen molar-refractivity contribution in [2.45, 2.75) is 39.2 Å². The highest BCUT2D eigenvalue weighted by Gasteiger charge is 2.27. The first kappa shape index (κ1) is 22.3. The Bertz CT molecular complexity index is 957. The number of non-ortho nitro benzene ring substituents is 1. The molecule has 31 heavy (non-hydrogen) atoms. The van der Waals surface area contributed by atoms with Gasteiger partial charge in [0.1, 0.15) is 5.60 Å². The molecule has 1 aromatic carbocycles. The van der Waals surface area contributed by atoms with Crippen LogP contribution in [0, 0.1) is 16.0 Å². The third-order valence-electron chi connectivity index (χ3n) is 4.82. The number of benzene rings is 1. The number of hydrogen-bond acceptors (Lipinski definition) is 7. The smallest absolute Gasteiger partial charge is 0.410 e. The highest BCUT2D eigenvalue weighted by molar-refractivity contribution is 5.87. The van der Waals surface area contributed by atoms with E-state index in [0.29, 0.717) is 31.6 Å². The number of carbonyl (C=O) groups is 2. The molecule has 3 rings (SSSR count). The van der Waals surface area contributed by atoms with Gasteiger partial charge in [0.2, 0.25) is 0 Å². The molecule has 0 spiro atoms. The quantitative estimate of drug-likeness (QED) is 0.404. The SMILES string of the molecule is CC(C)(C)OC(=O)N1CCC(COC(=O)c2ccn(-c3cccc([N+](=O)[O-])c3)n2)CC1. The molecular weight excluding hydrogens is 404 g/mol. The molecule has 1 aliphatic heterocycles. The standard InChI is InChI=1S/C21H26N4O6/c1-21(2,3)31-20(27)23-10-7-15(8-11-23)14-30-19(26)18-9-12-24(22-18)16-5-4-6-17(13-16)25(28)29/h4-6,9,12-13,15H,7-8,10-11,14H2,1-3H3. The molecule has 0 bridgehead atoms. The topological polar surface area (TPSA) is 117 Å². The lowest BCUT2D eigenvalue weighted by molar-refractivity contribution is -0.384. The number of rotatable bonds is 5. The van der Waals surface area contributed by atoms with E-state index >= 15 is 0 Å². The summed E-state index contributed by atoms with van der Waals surface area (Å²) >= 11 is 0. The van der Waals surface area contributed by atoms with Crippen molar-refractivity contribution >= 4 is 17.7 Å². The molecule has 1 aromatic heterocycles. The summed E-state index contributed by atoms with van der Waals surface area (Å²) in [5, 5.41) is 15.1. The zero-order chi connectivity index (χ0) is 22.6. The summed E-state index contributed by atoms with van der Waals surface area (Å²) in [5.41, 5.74) is 0.00710. The Balaban J connectivity index is 1.50. The van der Waals surface area contributed by atoms with E-state index in [0.717, 1.165) is 0 Å². The van der Waals surface area contributed by atoms with E-state index in [1.807, 2.05) is 20.8 Å². The van der Waals surface area contributed by atoms with Gasteiger partial charge >= 0.3 is 12.1 Å². The minimum atomic E-state index is -0.557. The van der Waals surface area contributed by atoms with Crippen LogP contribution in [-0.4, -0.2) is 57.0 Å². The number of piperidine rings is 1. The van der Waals surface area contributed by atoms with E-state index in [9.17, 15) is 19.7 Å². The van der Waals surface area contributed by atoms with Crippen molar-refractivity contribution in [1.29, 1.82) is 0 Å². The second-order valence-electron chi connectivity index (χ2n) is 8.43. The van der Waals surface area contributed by atoms with Crippen molar-refractivity contribution in [3.63, 3.8) is 0 Å². The maximum absolute atomic E-state index is 12.3. The van der Waals surface area contributed by atoms with Crippen molar-refractivity contribution in [3.8, 4) is 5.69 Å². The first-order chi connectivity index (χ1) is 14.6. The van der Waals surface area contributed by atoms with Gasteiger partial charge in [-0.05, 0) is 51.7 Å². The van der Waals surface area contributed by atoms with Gasteiger partial charge in [0.15, 0.2) is 5.69 Å². The molecule has 10 nitrogen and oxygen atoms in total. The first-order valence-electron chi connectivity index (χ1n) is 10.1. The van der Waals surface area contributed by atoms with Crippen LogP contribution in [0.25, 0.3) is 5.69 Å². The fourth-order valence-electron chi connectivity index (χ4n) is 3.20. The molecule has 1 fully saturated rings. The van der Waals surface area contributed by atoms with Gasteiger partial charge in [-0.25, -0.2) is 14.3 Å². The van der Waals surface area contributed by atoms with Gasteiger partial charge in [-0.15, -0.1) is 0 Å². The van der Waals surface area contributed by atoms with Gasteiger partial charge in [-0.2, -0.15) is 5.10 Å². The molecule has 1 saturated heterocycles. The fourth-order valence-corrected chi connectivity index (χ4v) is 3.20. The average molecular weight is 430 g/mol. The predicted octanol–water partition coefficient (Wildman–Crippen LogP) is 3.58. The van der Waals surface area contributed by atoms with E-state index in [2.05, 4.69) is 5.10 Å². The van der Waals surface area contributed by atoms with Gasteiger partial charge in [-0.3, -0.25) is 10.1 Å². The minimum Gasteiger partial charge on any atom is -0.461 e. The maximum atomic E-state index is 12.3. The number of nitro groups is 1. The van der Waals surface area contributed by atoms with Crippen LogP contribution in [0.4, 0.5) is 10.5 Å². The van der Waals surface area contributed by atoms with Crippen LogP contribution in [0.5, 0.6) is 0 Å². The van der Waals surface area contributed by atoms with Gasteiger partial charge < -0.3 is 14.4 Å². The Morgan fingerprint density at radius 3 is 2.58 bits per heavy atom. The molecular formula is C21H26N4O6. The van der Waals surface area contributed by atoms with Crippen molar-refractivity contribution < 1.29 is 24.0 Å². The van der Waals surface area contributed by atoms with Crippen LogP contribution < -0.4 is 0 Å². The molecule has 0 atom stereocenters. The van der Waals surface area contributed by atoms with E-state index < -0.39 is 16.5 Å². The second kappa shape index (κ2) is 9.15. The minimum absolute atomic E-state index is 0.0603. The molecule has 2 aromatic rings. The number of carbonyl (C=O) groups excluding carboxylic acids is 2. The second-order valence-corrected chi connectivity index (χ2v) is 8.43. The summed E-state index contributed by atoms with van der Waals surface area (Å²) in [5.74, 6) is -0.403. The first-order valence-corrected chi connectivity index (χ1v) is 10.1. The van der Waals surface area contributed by atoms with Crippen LogP contribution in [0.1, 0.15) is 44.1 Å². The Kier molecular flexibility index (Phi) is 6.57. The highest BCUT2D eigenvalue weighted by atomic mass is 16.6.